The van der Waals surface area contributed by atoms with Crippen LogP contribution in [0.2, 0.25) is 0 Å². The van der Waals surface area contributed by atoms with Crippen LogP contribution in [0.5, 0.6) is 0 Å². The van der Waals surface area contributed by atoms with Crippen molar-refractivity contribution in [2.45, 2.75) is 46.1 Å². The number of nitrogens with two attached hydrogens (primary N) is 1. The maximum atomic E-state index is 5.68. The predicted molar refractivity (Wildman–Crippen MR) is 62.2 cm³/mol. The smallest absolute Gasteiger partial charge is 0.122 e. The van der Waals surface area contributed by atoms with Crippen LogP contribution < -0.4 is 11.3 Å². The van der Waals surface area contributed by atoms with Gasteiger partial charge in [-0.1, -0.05) is 20.8 Å². The van der Waals surface area contributed by atoms with Crippen LogP contribution in [0.3, 0.4) is 0 Å². The summed E-state index contributed by atoms with van der Waals surface area (Å²) in [6.45, 7) is 6.52. The Bertz CT molecular complexity index is 281. The van der Waals surface area contributed by atoms with Crippen molar-refractivity contribution in [1.29, 1.82) is 0 Å². The molecule has 0 fully saturated rings. The third-order valence-electron chi connectivity index (χ3n) is 2.61. The second-order valence-corrected chi connectivity index (χ2v) is 4.35. The monoisotopic (exact) mass is 210 g/mol. The molecule has 0 aromatic carbocycles. The van der Waals surface area contributed by atoms with E-state index in [1.165, 1.54) is 0 Å². The molecule has 1 rings (SSSR count). The molecule has 1 atom stereocenters. The molecule has 0 spiro atoms. The van der Waals surface area contributed by atoms with Crippen LogP contribution in [-0.4, -0.2) is 0 Å². The topological polar surface area (TPSA) is 51.2 Å². The minimum absolute atomic E-state index is 0.146. The van der Waals surface area contributed by atoms with E-state index in [2.05, 4.69) is 26.2 Å². The second kappa shape index (κ2) is 5.93. The highest BCUT2D eigenvalue weighted by Gasteiger charge is 2.14. The van der Waals surface area contributed by atoms with E-state index in [-0.39, 0.29) is 6.04 Å². The molecule has 0 saturated heterocycles. The molecule has 0 aliphatic rings. The summed E-state index contributed by atoms with van der Waals surface area (Å²) in [5.74, 6) is 8.20. The zero-order chi connectivity index (χ0) is 11.3. The first-order valence-corrected chi connectivity index (χ1v) is 5.72. The molecule has 86 valence electrons. The Morgan fingerprint density at radius 2 is 2.07 bits per heavy atom. The van der Waals surface area contributed by atoms with Gasteiger partial charge in [-0.05, 0) is 30.9 Å². The maximum Gasteiger partial charge on any atom is 0.122 e. The molecule has 3 nitrogen and oxygen atoms in total. The summed E-state index contributed by atoms with van der Waals surface area (Å²) >= 11 is 0. The summed E-state index contributed by atoms with van der Waals surface area (Å²) in [6, 6.07) is 4.19. The van der Waals surface area contributed by atoms with Crippen molar-refractivity contribution in [1.82, 2.24) is 5.43 Å². The average molecular weight is 210 g/mol. The van der Waals surface area contributed by atoms with E-state index in [1.54, 1.807) is 0 Å². The predicted octanol–water partition coefficient (Wildman–Crippen LogP) is 2.78. The second-order valence-electron chi connectivity index (χ2n) is 4.35. The van der Waals surface area contributed by atoms with Crippen molar-refractivity contribution in [3.8, 4) is 0 Å². The normalized spacial score (nSPS) is 13.4. The van der Waals surface area contributed by atoms with Crippen LogP contribution in [0, 0.1) is 5.92 Å². The van der Waals surface area contributed by atoms with E-state index < -0.39 is 0 Å². The van der Waals surface area contributed by atoms with Crippen molar-refractivity contribution < 1.29 is 4.42 Å². The van der Waals surface area contributed by atoms with E-state index in [0.29, 0.717) is 5.92 Å². The molecule has 3 N–H and O–H groups in total. The van der Waals surface area contributed by atoms with Gasteiger partial charge in [0.2, 0.25) is 0 Å². The molecule has 0 bridgehead atoms. The lowest BCUT2D eigenvalue weighted by molar-refractivity contribution is 0.364. The van der Waals surface area contributed by atoms with Gasteiger partial charge in [0.05, 0.1) is 6.04 Å². The Labute approximate surface area is 92.0 Å². The Hall–Kier alpha value is -0.800. The van der Waals surface area contributed by atoms with Gasteiger partial charge in [-0.25, -0.2) is 5.43 Å². The van der Waals surface area contributed by atoms with E-state index in [1.807, 2.05) is 12.1 Å². The Morgan fingerprint density at radius 3 is 2.53 bits per heavy atom. The SMILES string of the molecule is CCc1ccc(C(CCC(C)C)NN)o1. The molecule has 0 saturated carbocycles. The number of rotatable bonds is 6. The molecule has 15 heavy (non-hydrogen) atoms. The fourth-order valence-electron chi connectivity index (χ4n) is 1.58. The Kier molecular flexibility index (Phi) is 4.85. The molecule has 1 unspecified atom stereocenters. The molecule has 3 heteroatoms. The van der Waals surface area contributed by atoms with Crippen molar-refractivity contribution in [3.63, 3.8) is 0 Å². The molecule has 1 aromatic heterocycles. The van der Waals surface area contributed by atoms with Gasteiger partial charge in [-0.15, -0.1) is 0 Å². The molecule has 0 aliphatic carbocycles. The number of hydrogen-bond acceptors (Lipinski definition) is 3. The first-order valence-electron chi connectivity index (χ1n) is 5.72. The van der Waals surface area contributed by atoms with Gasteiger partial charge in [0.1, 0.15) is 11.5 Å². The fourth-order valence-corrected chi connectivity index (χ4v) is 1.58. The lowest BCUT2D eigenvalue weighted by Crippen LogP contribution is -2.27. The van der Waals surface area contributed by atoms with Crippen molar-refractivity contribution in [3.05, 3.63) is 23.7 Å². The van der Waals surface area contributed by atoms with Crippen LogP contribution in [0.25, 0.3) is 0 Å². The highest BCUT2D eigenvalue weighted by atomic mass is 16.3. The summed E-state index contributed by atoms with van der Waals surface area (Å²) < 4.78 is 5.68. The summed E-state index contributed by atoms with van der Waals surface area (Å²) in [5.41, 5.74) is 2.82. The number of furan rings is 1. The highest BCUT2D eigenvalue weighted by molar-refractivity contribution is 5.10. The molecule has 1 heterocycles. The molecule has 1 aromatic rings. The molecular weight excluding hydrogens is 188 g/mol. The Balaban J connectivity index is 2.57. The van der Waals surface area contributed by atoms with Crippen LogP contribution in [-0.2, 0) is 6.42 Å². The van der Waals surface area contributed by atoms with Crippen molar-refractivity contribution in [2.24, 2.45) is 11.8 Å². The number of aryl methyl sites for hydroxylation is 1. The first-order chi connectivity index (χ1) is 7.17. The van der Waals surface area contributed by atoms with Gasteiger partial charge in [0, 0.05) is 6.42 Å². The summed E-state index contributed by atoms with van der Waals surface area (Å²) in [7, 11) is 0. The van der Waals surface area contributed by atoms with E-state index in [0.717, 1.165) is 30.8 Å². The quantitative estimate of drug-likeness (QED) is 0.560. The van der Waals surface area contributed by atoms with Crippen LogP contribution >= 0.6 is 0 Å². The summed E-state index contributed by atoms with van der Waals surface area (Å²) in [6.07, 6.45) is 3.10. The number of nitrogens with one attached hydrogen (secondary N) is 1. The highest BCUT2D eigenvalue weighted by Crippen LogP contribution is 2.22. The first kappa shape index (κ1) is 12.3. The third kappa shape index (κ3) is 3.68. The Morgan fingerprint density at radius 1 is 1.33 bits per heavy atom. The van der Waals surface area contributed by atoms with Gasteiger partial charge in [-0.3, -0.25) is 5.84 Å². The molecular formula is C12H22N2O. The minimum Gasteiger partial charge on any atom is -0.464 e. The molecule has 0 amide bonds. The van der Waals surface area contributed by atoms with Crippen molar-refractivity contribution in [2.75, 3.05) is 0 Å². The third-order valence-corrected chi connectivity index (χ3v) is 2.61. The maximum absolute atomic E-state index is 5.68. The van der Waals surface area contributed by atoms with Crippen LogP contribution in [0.1, 0.15) is 51.2 Å². The standard InChI is InChI=1S/C12H22N2O/c1-4-10-6-8-12(15-10)11(14-13)7-5-9(2)3/h6,8-9,11,14H,4-5,7,13H2,1-3H3. The van der Waals surface area contributed by atoms with E-state index in [4.69, 9.17) is 10.3 Å². The van der Waals surface area contributed by atoms with Crippen LogP contribution in [0.15, 0.2) is 16.5 Å². The van der Waals surface area contributed by atoms with Crippen LogP contribution in [0.4, 0.5) is 0 Å². The largest absolute Gasteiger partial charge is 0.464 e. The van der Waals surface area contributed by atoms with Gasteiger partial charge >= 0.3 is 0 Å². The molecule has 0 radical (unpaired) electrons. The van der Waals surface area contributed by atoms with Gasteiger partial charge < -0.3 is 4.42 Å². The lowest BCUT2D eigenvalue weighted by Gasteiger charge is -2.14. The van der Waals surface area contributed by atoms with Gasteiger partial charge in [0.25, 0.3) is 0 Å². The minimum atomic E-state index is 0.146. The summed E-state index contributed by atoms with van der Waals surface area (Å²) in [5, 5.41) is 0. The molecule has 0 aliphatic heterocycles. The van der Waals surface area contributed by atoms with Gasteiger partial charge in [0.15, 0.2) is 0 Å². The zero-order valence-corrected chi connectivity index (χ0v) is 9.92. The van der Waals surface area contributed by atoms with E-state index in [9.17, 15) is 0 Å². The summed E-state index contributed by atoms with van der Waals surface area (Å²) in [4.78, 5) is 0. The zero-order valence-electron chi connectivity index (χ0n) is 9.92. The van der Waals surface area contributed by atoms with E-state index >= 15 is 0 Å². The number of hydrogen-bond donors (Lipinski definition) is 2. The number of hydrazine groups is 1. The fraction of sp³-hybridized carbons (Fsp3) is 0.667. The lowest BCUT2D eigenvalue weighted by atomic mass is 10.0. The van der Waals surface area contributed by atoms with Crippen molar-refractivity contribution >= 4 is 0 Å². The average Bonchev–Trinajstić information content (AvgIpc) is 2.67. The van der Waals surface area contributed by atoms with Gasteiger partial charge in [-0.2, -0.15) is 0 Å².